The van der Waals surface area contributed by atoms with E-state index in [1.165, 1.54) is 32.4 Å². The maximum atomic E-state index is 5.70. The first-order chi connectivity index (χ1) is 8.26. The minimum absolute atomic E-state index is 0.719. The van der Waals surface area contributed by atoms with E-state index < -0.39 is 0 Å². The number of nitrogen functional groups attached to an aromatic ring is 1. The first-order valence-corrected chi connectivity index (χ1v) is 6.47. The summed E-state index contributed by atoms with van der Waals surface area (Å²) in [6.07, 6.45) is 4.33. The molecule has 1 aliphatic carbocycles. The van der Waals surface area contributed by atoms with Crippen LogP contribution in [-0.2, 0) is 0 Å². The Kier molecular flexibility index (Phi) is 2.71. The van der Waals surface area contributed by atoms with Gasteiger partial charge in [-0.15, -0.1) is 0 Å². The SMILES string of the molecule is Nc1cccc(OCCN2CC3(CCC3)C2)c1. The van der Waals surface area contributed by atoms with E-state index in [0.717, 1.165) is 30.0 Å². The maximum Gasteiger partial charge on any atom is 0.121 e. The van der Waals surface area contributed by atoms with Gasteiger partial charge in [0.05, 0.1) is 0 Å². The first-order valence-electron chi connectivity index (χ1n) is 6.47. The Balaban J connectivity index is 1.38. The number of benzene rings is 1. The largest absolute Gasteiger partial charge is 0.492 e. The van der Waals surface area contributed by atoms with Gasteiger partial charge in [-0.25, -0.2) is 0 Å². The van der Waals surface area contributed by atoms with Gasteiger partial charge in [-0.1, -0.05) is 12.5 Å². The van der Waals surface area contributed by atoms with Gasteiger partial charge < -0.3 is 10.5 Å². The summed E-state index contributed by atoms with van der Waals surface area (Å²) in [7, 11) is 0. The fourth-order valence-corrected chi connectivity index (χ4v) is 2.95. The third-order valence-electron chi connectivity index (χ3n) is 4.07. The normalized spacial score (nSPS) is 21.9. The molecule has 0 bridgehead atoms. The molecule has 0 unspecified atom stereocenters. The Bertz CT molecular complexity index is 393. The second kappa shape index (κ2) is 4.22. The Labute approximate surface area is 103 Å². The predicted molar refractivity (Wildman–Crippen MR) is 69.1 cm³/mol. The molecule has 1 aromatic rings. The van der Waals surface area contributed by atoms with Crippen LogP contribution in [0.3, 0.4) is 0 Å². The molecule has 1 aliphatic heterocycles. The average molecular weight is 232 g/mol. The number of hydrogen-bond donors (Lipinski definition) is 1. The summed E-state index contributed by atoms with van der Waals surface area (Å²) in [4.78, 5) is 2.49. The highest BCUT2D eigenvalue weighted by atomic mass is 16.5. The van der Waals surface area contributed by atoms with Crippen molar-refractivity contribution in [2.75, 3.05) is 32.0 Å². The summed E-state index contributed by atoms with van der Waals surface area (Å²) < 4.78 is 5.69. The molecular formula is C14H20N2O. The highest BCUT2D eigenvalue weighted by Gasteiger charge is 2.46. The van der Waals surface area contributed by atoms with E-state index in [0.29, 0.717) is 0 Å². The van der Waals surface area contributed by atoms with E-state index in [1.54, 1.807) is 0 Å². The summed E-state index contributed by atoms with van der Waals surface area (Å²) >= 11 is 0. The zero-order valence-electron chi connectivity index (χ0n) is 10.2. The number of rotatable bonds is 4. The number of anilines is 1. The monoisotopic (exact) mass is 232 g/mol. The summed E-state index contributed by atoms with van der Waals surface area (Å²) in [5.74, 6) is 0.879. The van der Waals surface area contributed by atoms with Crippen molar-refractivity contribution in [1.82, 2.24) is 4.90 Å². The van der Waals surface area contributed by atoms with E-state index in [1.807, 2.05) is 24.3 Å². The lowest BCUT2D eigenvalue weighted by atomic mass is 9.63. The Morgan fingerprint density at radius 2 is 2.12 bits per heavy atom. The summed E-state index contributed by atoms with van der Waals surface area (Å²) in [5.41, 5.74) is 7.18. The standard InChI is InChI=1S/C14H20N2O/c15-12-3-1-4-13(9-12)17-8-7-16-10-14(11-16)5-2-6-14/h1,3-4,9H,2,5-8,10-11,15H2. The molecule has 0 amide bonds. The number of likely N-dealkylation sites (tertiary alicyclic amines) is 1. The molecule has 3 rings (SSSR count). The molecule has 0 aromatic heterocycles. The first kappa shape index (κ1) is 10.9. The van der Waals surface area contributed by atoms with Crippen LogP contribution in [0.1, 0.15) is 19.3 Å². The maximum absolute atomic E-state index is 5.70. The van der Waals surface area contributed by atoms with Gasteiger partial charge >= 0.3 is 0 Å². The third-order valence-corrected chi connectivity index (χ3v) is 4.07. The van der Waals surface area contributed by atoms with Crippen molar-refractivity contribution in [2.45, 2.75) is 19.3 Å². The Morgan fingerprint density at radius 3 is 2.76 bits per heavy atom. The molecule has 0 atom stereocenters. The van der Waals surface area contributed by atoms with Gasteiger partial charge in [0.1, 0.15) is 12.4 Å². The van der Waals surface area contributed by atoms with Gasteiger partial charge in [0.15, 0.2) is 0 Å². The van der Waals surface area contributed by atoms with Gasteiger partial charge in [-0.05, 0) is 30.4 Å². The van der Waals surface area contributed by atoms with E-state index >= 15 is 0 Å². The molecule has 2 N–H and O–H groups in total. The summed E-state index contributed by atoms with van der Waals surface area (Å²) in [5, 5.41) is 0. The minimum atomic E-state index is 0.719. The zero-order valence-corrected chi connectivity index (χ0v) is 10.2. The number of ether oxygens (including phenoxy) is 1. The van der Waals surface area contributed by atoms with Crippen molar-refractivity contribution in [3.05, 3.63) is 24.3 Å². The quantitative estimate of drug-likeness (QED) is 0.808. The van der Waals surface area contributed by atoms with Crippen LogP contribution in [0.15, 0.2) is 24.3 Å². The minimum Gasteiger partial charge on any atom is -0.492 e. The third kappa shape index (κ3) is 2.25. The molecule has 1 heterocycles. The molecule has 2 fully saturated rings. The molecule has 0 radical (unpaired) electrons. The highest BCUT2D eigenvalue weighted by Crippen LogP contribution is 2.47. The molecule has 2 aliphatic rings. The molecule has 1 saturated heterocycles. The van der Waals surface area contributed by atoms with Crippen LogP contribution in [0, 0.1) is 5.41 Å². The van der Waals surface area contributed by atoms with Crippen LogP contribution in [0.25, 0.3) is 0 Å². The van der Waals surface area contributed by atoms with Crippen LogP contribution in [0.5, 0.6) is 5.75 Å². The van der Waals surface area contributed by atoms with Gasteiger partial charge in [0.2, 0.25) is 0 Å². The van der Waals surface area contributed by atoms with Crippen LogP contribution >= 0.6 is 0 Å². The molecule has 1 saturated carbocycles. The van der Waals surface area contributed by atoms with Gasteiger partial charge in [0, 0.05) is 31.4 Å². The van der Waals surface area contributed by atoms with Crippen molar-refractivity contribution in [2.24, 2.45) is 5.41 Å². The number of nitrogens with zero attached hydrogens (tertiary/aromatic N) is 1. The van der Waals surface area contributed by atoms with Crippen molar-refractivity contribution in [3.8, 4) is 5.75 Å². The van der Waals surface area contributed by atoms with Crippen LogP contribution in [0.4, 0.5) is 5.69 Å². The summed E-state index contributed by atoms with van der Waals surface area (Å²) in [6, 6.07) is 7.64. The molecule has 1 aromatic carbocycles. The fourth-order valence-electron chi connectivity index (χ4n) is 2.95. The van der Waals surface area contributed by atoms with Gasteiger partial charge in [-0.3, -0.25) is 4.90 Å². The highest BCUT2D eigenvalue weighted by molar-refractivity contribution is 5.43. The molecule has 17 heavy (non-hydrogen) atoms. The number of nitrogens with two attached hydrogens (primary N) is 1. The molecular weight excluding hydrogens is 212 g/mol. The Morgan fingerprint density at radius 1 is 1.29 bits per heavy atom. The topological polar surface area (TPSA) is 38.5 Å². The molecule has 92 valence electrons. The van der Waals surface area contributed by atoms with Crippen LogP contribution < -0.4 is 10.5 Å². The van der Waals surface area contributed by atoms with Gasteiger partial charge in [-0.2, -0.15) is 0 Å². The summed E-state index contributed by atoms with van der Waals surface area (Å²) in [6.45, 7) is 4.37. The lowest BCUT2D eigenvalue weighted by Gasteiger charge is -2.56. The molecule has 3 heteroatoms. The molecule has 3 nitrogen and oxygen atoms in total. The van der Waals surface area contributed by atoms with E-state index in [-0.39, 0.29) is 0 Å². The fraction of sp³-hybridized carbons (Fsp3) is 0.571. The van der Waals surface area contributed by atoms with Crippen molar-refractivity contribution < 1.29 is 4.74 Å². The Hall–Kier alpha value is -1.22. The van der Waals surface area contributed by atoms with Crippen molar-refractivity contribution >= 4 is 5.69 Å². The second-order valence-electron chi connectivity index (χ2n) is 5.49. The van der Waals surface area contributed by atoms with E-state index in [9.17, 15) is 0 Å². The van der Waals surface area contributed by atoms with E-state index in [2.05, 4.69) is 4.90 Å². The van der Waals surface area contributed by atoms with Crippen LogP contribution in [-0.4, -0.2) is 31.1 Å². The predicted octanol–water partition coefficient (Wildman–Crippen LogP) is 2.13. The second-order valence-corrected chi connectivity index (χ2v) is 5.49. The molecule has 1 spiro atoms. The lowest BCUT2D eigenvalue weighted by Crippen LogP contribution is -2.60. The van der Waals surface area contributed by atoms with Crippen LogP contribution in [0.2, 0.25) is 0 Å². The smallest absolute Gasteiger partial charge is 0.121 e. The van der Waals surface area contributed by atoms with Gasteiger partial charge in [0.25, 0.3) is 0 Å². The van der Waals surface area contributed by atoms with E-state index in [4.69, 9.17) is 10.5 Å². The van der Waals surface area contributed by atoms with Crippen molar-refractivity contribution in [1.29, 1.82) is 0 Å². The average Bonchev–Trinajstić information content (AvgIpc) is 2.19. The zero-order chi connectivity index (χ0) is 11.7. The lowest BCUT2D eigenvalue weighted by molar-refractivity contribution is -0.0636. The number of hydrogen-bond acceptors (Lipinski definition) is 3. The van der Waals surface area contributed by atoms with Crippen molar-refractivity contribution in [3.63, 3.8) is 0 Å².